The van der Waals surface area contributed by atoms with Crippen molar-refractivity contribution in [2.75, 3.05) is 0 Å². The van der Waals surface area contributed by atoms with Crippen molar-refractivity contribution in [3.05, 3.63) is 11.6 Å². The molecule has 2 unspecified atom stereocenters. The van der Waals surface area contributed by atoms with E-state index in [0.29, 0.717) is 17.8 Å². The number of allylic oxidation sites excluding steroid dienone is 1. The minimum absolute atomic E-state index is 0.00543. The molecule has 4 heteroatoms. The van der Waals surface area contributed by atoms with Gasteiger partial charge < -0.3 is 4.74 Å². The quantitative estimate of drug-likeness (QED) is 0.363. The fourth-order valence-electron chi connectivity index (χ4n) is 7.65. The van der Waals surface area contributed by atoms with Gasteiger partial charge in [0, 0.05) is 24.6 Å². The molecule has 0 aliphatic heterocycles. The van der Waals surface area contributed by atoms with Gasteiger partial charge in [-0.15, -0.1) is 11.6 Å². The van der Waals surface area contributed by atoms with Gasteiger partial charge in [0.1, 0.15) is 11.9 Å². The Morgan fingerprint density at radius 3 is 2.56 bits per heavy atom. The van der Waals surface area contributed by atoms with Gasteiger partial charge >= 0.3 is 5.97 Å². The predicted octanol–water partition coefficient (Wildman–Crippen LogP) is 5.30. The molecule has 8 atom stereocenters. The molecule has 0 saturated heterocycles. The molecule has 3 nitrogen and oxygen atoms in total. The number of hydrogen-bond acceptors (Lipinski definition) is 3. The molecule has 0 aromatic heterocycles. The van der Waals surface area contributed by atoms with Crippen LogP contribution in [-0.2, 0) is 14.3 Å². The number of alkyl halides is 1. The minimum Gasteiger partial charge on any atom is -0.462 e. The fraction of sp³-hybridized carbons (Fsp3) is 0.826. The average molecular weight is 393 g/mol. The lowest BCUT2D eigenvalue weighted by Crippen LogP contribution is -2.51. The molecule has 0 heterocycles. The average Bonchev–Trinajstić information content (AvgIpc) is 2.85. The number of rotatable bonds is 2. The highest BCUT2D eigenvalue weighted by atomic mass is 35.5. The van der Waals surface area contributed by atoms with Gasteiger partial charge in [-0.3, -0.25) is 9.59 Å². The van der Waals surface area contributed by atoms with E-state index in [1.807, 2.05) is 0 Å². The number of Topliss-reactive ketones (excluding diaryl/α,β-unsaturated/α-hetero) is 1. The standard InChI is InChI=1S/C23H33ClO3/c1-13(25)21-20(24)12-19-17-6-5-15-11-16(27-14(2)26)7-9-22(15,3)18(17)8-10-23(19,21)4/h5,16-21H,6-12H2,1-4H3/t16?,17-,18+,19+,20?,21+,22+,23+/m1/s1. The number of ketones is 1. The second kappa shape index (κ2) is 6.61. The summed E-state index contributed by atoms with van der Waals surface area (Å²) in [6.07, 6.45) is 9.85. The molecular formula is C23H33ClO3. The number of halogens is 1. The molecule has 0 N–H and O–H groups in total. The zero-order valence-corrected chi connectivity index (χ0v) is 17.8. The molecule has 0 radical (unpaired) electrons. The van der Waals surface area contributed by atoms with Gasteiger partial charge in [-0.1, -0.05) is 25.5 Å². The lowest BCUT2D eigenvalue weighted by molar-refractivity contribution is -0.149. The van der Waals surface area contributed by atoms with Crippen LogP contribution in [0.1, 0.15) is 72.6 Å². The van der Waals surface area contributed by atoms with Crippen LogP contribution in [0.5, 0.6) is 0 Å². The summed E-state index contributed by atoms with van der Waals surface area (Å²) in [5, 5.41) is -0.00543. The van der Waals surface area contributed by atoms with Crippen LogP contribution in [0.3, 0.4) is 0 Å². The Morgan fingerprint density at radius 1 is 1.15 bits per heavy atom. The van der Waals surface area contributed by atoms with Gasteiger partial charge in [-0.25, -0.2) is 0 Å². The smallest absolute Gasteiger partial charge is 0.302 e. The Labute approximate surface area is 168 Å². The molecule has 0 aromatic rings. The Bertz CT molecular complexity index is 685. The lowest BCUT2D eigenvalue weighted by atomic mass is 9.47. The number of ether oxygens (including phenoxy) is 1. The molecule has 3 saturated carbocycles. The normalized spacial score (nSPS) is 48.7. The van der Waals surface area contributed by atoms with Crippen molar-refractivity contribution >= 4 is 23.4 Å². The Morgan fingerprint density at radius 2 is 1.89 bits per heavy atom. The summed E-state index contributed by atoms with van der Waals surface area (Å²) in [6.45, 7) is 8.02. The number of fused-ring (bicyclic) bond motifs is 5. The van der Waals surface area contributed by atoms with E-state index in [1.165, 1.54) is 18.9 Å². The molecule has 4 rings (SSSR count). The Hall–Kier alpha value is -0.830. The first-order chi connectivity index (χ1) is 12.7. The van der Waals surface area contributed by atoms with Crippen LogP contribution >= 0.6 is 11.6 Å². The minimum atomic E-state index is -0.166. The van der Waals surface area contributed by atoms with Crippen molar-refractivity contribution in [3.8, 4) is 0 Å². The van der Waals surface area contributed by atoms with Crippen molar-refractivity contribution in [3.63, 3.8) is 0 Å². The highest BCUT2D eigenvalue weighted by Gasteiger charge is 2.61. The molecule has 0 aromatic carbocycles. The van der Waals surface area contributed by atoms with Crippen LogP contribution < -0.4 is 0 Å². The molecule has 0 spiro atoms. The van der Waals surface area contributed by atoms with E-state index in [0.717, 1.165) is 38.5 Å². The molecule has 27 heavy (non-hydrogen) atoms. The SMILES string of the molecule is CC(=O)OC1CC[C@@]2(C)C(=CC[C@H]3[C@@H]4CC(Cl)[C@H](C(C)=O)[C@@]4(C)CC[C@@H]32)C1. The van der Waals surface area contributed by atoms with E-state index in [1.54, 1.807) is 6.92 Å². The summed E-state index contributed by atoms with van der Waals surface area (Å²) in [4.78, 5) is 23.7. The van der Waals surface area contributed by atoms with Crippen LogP contribution in [0.4, 0.5) is 0 Å². The third kappa shape index (κ3) is 2.91. The van der Waals surface area contributed by atoms with Gasteiger partial charge in [-0.2, -0.15) is 0 Å². The van der Waals surface area contributed by atoms with Crippen LogP contribution in [0.15, 0.2) is 11.6 Å². The Balaban J connectivity index is 1.61. The number of hydrogen-bond donors (Lipinski definition) is 0. The van der Waals surface area contributed by atoms with Crippen molar-refractivity contribution in [1.29, 1.82) is 0 Å². The third-order valence-electron chi connectivity index (χ3n) is 8.82. The van der Waals surface area contributed by atoms with E-state index >= 15 is 0 Å². The molecule has 0 amide bonds. The molecule has 0 bridgehead atoms. The van der Waals surface area contributed by atoms with Gasteiger partial charge in [0.2, 0.25) is 0 Å². The molecule has 3 fully saturated rings. The van der Waals surface area contributed by atoms with E-state index in [2.05, 4.69) is 19.9 Å². The van der Waals surface area contributed by atoms with E-state index < -0.39 is 0 Å². The van der Waals surface area contributed by atoms with Crippen LogP contribution in [0, 0.1) is 34.5 Å². The fourth-order valence-corrected chi connectivity index (χ4v) is 8.31. The molecule has 4 aliphatic rings. The largest absolute Gasteiger partial charge is 0.462 e. The summed E-state index contributed by atoms with van der Waals surface area (Å²) in [6, 6.07) is 0. The van der Waals surface area contributed by atoms with Crippen molar-refractivity contribution in [1.82, 2.24) is 0 Å². The summed E-state index contributed by atoms with van der Waals surface area (Å²) >= 11 is 6.72. The van der Waals surface area contributed by atoms with Gasteiger partial charge in [0.05, 0.1) is 0 Å². The summed E-state index contributed by atoms with van der Waals surface area (Å²) < 4.78 is 5.53. The highest BCUT2D eigenvalue weighted by molar-refractivity contribution is 6.22. The molecule has 150 valence electrons. The van der Waals surface area contributed by atoms with Crippen LogP contribution in [-0.4, -0.2) is 23.2 Å². The maximum Gasteiger partial charge on any atom is 0.302 e. The topological polar surface area (TPSA) is 43.4 Å². The maximum atomic E-state index is 12.4. The summed E-state index contributed by atoms with van der Waals surface area (Å²) in [5.74, 6) is 1.98. The number of carbonyl (C=O) groups excluding carboxylic acids is 2. The number of esters is 1. The highest BCUT2D eigenvalue weighted by Crippen LogP contribution is 2.67. The second-order valence-corrected chi connectivity index (χ2v) is 10.7. The Kier molecular flexibility index (Phi) is 4.77. The monoisotopic (exact) mass is 392 g/mol. The lowest BCUT2D eigenvalue weighted by Gasteiger charge is -2.57. The van der Waals surface area contributed by atoms with Crippen molar-refractivity contribution < 1.29 is 14.3 Å². The summed E-state index contributed by atoms with van der Waals surface area (Å²) in [5.41, 5.74) is 1.79. The first kappa shape index (κ1) is 19.5. The third-order valence-corrected chi connectivity index (χ3v) is 9.25. The first-order valence-corrected chi connectivity index (χ1v) is 11.1. The van der Waals surface area contributed by atoms with Crippen LogP contribution in [0.2, 0.25) is 0 Å². The zero-order chi connectivity index (χ0) is 19.6. The predicted molar refractivity (Wildman–Crippen MR) is 106 cm³/mol. The van der Waals surface area contributed by atoms with E-state index in [-0.39, 0.29) is 40.0 Å². The zero-order valence-electron chi connectivity index (χ0n) is 17.1. The molecule has 4 aliphatic carbocycles. The van der Waals surface area contributed by atoms with E-state index in [4.69, 9.17) is 16.3 Å². The van der Waals surface area contributed by atoms with Gasteiger partial charge in [-0.05, 0) is 74.0 Å². The van der Waals surface area contributed by atoms with Crippen molar-refractivity contribution in [2.45, 2.75) is 84.1 Å². The second-order valence-electron chi connectivity index (χ2n) is 10.1. The van der Waals surface area contributed by atoms with Crippen LogP contribution in [0.25, 0.3) is 0 Å². The number of carbonyl (C=O) groups is 2. The first-order valence-electron chi connectivity index (χ1n) is 10.7. The maximum absolute atomic E-state index is 12.4. The van der Waals surface area contributed by atoms with Gasteiger partial charge in [0.25, 0.3) is 0 Å². The van der Waals surface area contributed by atoms with Crippen molar-refractivity contribution in [2.24, 2.45) is 34.5 Å². The molecular weight excluding hydrogens is 360 g/mol. The van der Waals surface area contributed by atoms with Gasteiger partial charge in [0.15, 0.2) is 0 Å². The van der Waals surface area contributed by atoms with E-state index in [9.17, 15) is 9.59 Å². The summed E-state index contributed by atoms with van der Waals surface area (Å²) in [7, 11) is 0.